The van der Waals surface area contributed by atoms with Gasteiger partial charge in [0.2, 0.25) is 5.91 Å². The van der Waals surface area contributed by atoms with E-state index < -0.39 is 5.25 Å². The van der Waals surface area contributed by atoms with E-state index in [1.54, 1.807) is 11.3 Å². The minimum atomic E-state index is -0.484. The van der Waals surface area contributed by atoms with E-state index in [0.717, 1.165) is 46.1 Å². The number of carbonyl (C=O) groups is 2. The lowest BCUT2D eigenvalue weighted by atomic mass is 9.97. The van der Waals surface area contributed by atoms with Crippen LogP contribution in [-0.2, 0) is 9.59 Å². The number of aromatic nitrogens is 2. The number of rotatable bonds is 5. The van der Waals surface area contributed by atoms with Crippen LogP contribution in [-0.4, -0.2) is 50.4 Å². The summed E-state index contributed by atoms with van der Waals surface area (Å²) in [6, 6.07) is 9.96. The molecule has 2 aliphatic rings. The molecule has 0 bridgehead atoms. The standard InChI is InChI=1S/C23H23N5O3S2/c1-13-19(20(27-31-13)14-5-3-2-4-6-14)16-12-32-22(25-16)15-7-9-28(10-8-15)18(29)11-17-21(30)26-23(24)33-17/h2-6,12,15,17H,7-11H2,1H3,(H2,24,26,30). The summed E-state index contributed by atoms with van der Waals surface area (Å²) in [5.41, 5.74) is 9.19. The second-order valence-electron chi connectivity index (χ2n) is 8.15. The first-order valence-electron chi connectivity index (χ1n) is 10.8. The van der Waals surface area contributed by atoms with Gasteiger partial charge in [-0.2, -0.15) is 4.99 Å². The molecule has 1 unspecified atom stereocenters. The number of nitrogens with two attached hydrogens (primary N) is 1. The molecule has 5 rings (SSSR count). The van der Waals surface area contributed by atoms with Crippen molar-refractivity contribution in [1.82, 2.24) is 15.0 Å². The minimum absolute atomic E-state index is 0.0170. The van der Waals surface area contributed by atoms with Crippen molar-refractivity contribution in [1.29, 1.82) is 0 Å². The molecule has 8 nitrogen and oxygen atoms in total. The van der Waals surface area contributed by atoms with Crippen LogP contribution < -0.4 is 5.73 Å². The topological polar surface area (TPSA) is 115 Å². The number of hydrogen-bond donors (Lipinski definition) is 1. The van der Waals surface area contributed by atoms with Crippen LogP contribution in [0.15, 0.2) is 45.2 Å². The summed E-state index contributed by atoms with van der Waals surface area (Å²) in [5.74, 6) is 0.719. The van der Waals surface area contributed by atoms with Gasteiger partial charge in [0.15, 0.2) is 5.17 Å². The maximum absolute atomic E-state index is 12.7. The molecule has 0 spiro atoms. The van der Waals surface area contributed by atoms with Gasteiger partial charge in [-0.15, -0.1) is 11.3 Å². The summed E-state index contributed by atoms with van der Waals surface area (Å²) < 4.78 is 5.50. The zero-order chi connectivity index (χ0) is 22.9. The summed E-state index contributed by atoms with van der Waals surface area (Å²) in [6.07, 6.45) is 1.84. The number of hydrogen-bond acceptors (Lipinski definition) is 8. The number of thiazole rings is 1. The fourth-order valence-corrected chi connectivity index (χ4v) is 6.05. The Hall–Kier alpha value is -2.98. The lowest BCUT2D eigenvalue weighted by molar-refractivity contribution is -0.133. The molecule has 2 N–H and O–H groups in total. The molecule has 0 aliphatic carbocycles. The minimum Gasteiger partial charge on any atom is -0.378 e. The SMILES string of the molecule is Cc1onc(-c2ccccc2)c1-c1csc(C2CCN(C(=O)CC3SC(N)=NC3=O)CC2)n1. The van der Waals surface area contributed by atoms with Gasteiger partial charge in [-0.1, -0.05) is 47.3 Å². The van der Waals surface area contributed by atoms with Crippen molar-refractivity contribution in [3.63, 3.8) is 0 Å². The summed E-state index contributed by atoms with van der Waals surface area (Å²) in [7, 11) is 0. The number of piperidine rings is 1. The van der Waals surface area contributed by atoms with E-state index >= 15 is 0 Å². The molecule has 33 heavy (non-hydrogen) atoms. The van der Waals surface area contributed by atoms with Crippen LogP contribution in [0, 0.1) is 6.92 Å². The normalized spacial score (nSPS) is 19.2. The van der Waals surface area contributed by atoms with Crippen LogP contribution in [0.5, 0.6) is 0 Å². The van der Waals surface area contributed by atoms with Crippen LogP contribution in [0.4, 0.5) is 0 Å². The van der Waals surface area contributed by atoms with Crippen molar-refractivity contribution in [2.75, 3.05) is 13.1 Å². The molecule has 2 aromatic heterocycles. The van der Waals surface area contributed by atoms with Gasteiger partial charge in [0.05, 0.1) is 16.3 Å². The van der Waals surface area contributed by atoms with Gasteiger partial charge >= 0.3 is 0 Å². The third-order valence-corrected chi connectivity index (χ3v) is 8.00. The Morgan fingerprint density at radius 1 is 1.24 bits per heavy atom. The van der Waals surface area contributed by atoms with Crippen molar-refractivity contribution in [3.8, 4) is 22.5 Å². The van der Waals surface area contributed by atoms with Crippen LogP contribution in [0.2, 0.25) is 0 Å². The van der Waals surface area contributed by atoms with E-state index in [4.69, 9.17) is 15.2 Å². The zero-order valence-corrected chi connectivity index (χ0v) is 19.7. The highest BCUT2D eigenvalue weighted by Crippen LogP contribution is 2.38. The number of carbonyl (C=O) groups excluding carboxylic acids is 2. The number of aliphatic imine (C=N–C) groups is 1. The fraction of sp³-hybridized carbons (Fsp3) is 0.348. The first kappa shape index (κ1) is 21.8. The van der Waals surface area contributed by atoms with E-state index in [2.05, 4.69) is 15.5 Å². The van der Waals surface area contributed by atoms with Gasteiger partial charge in [0.25, 0.3) is 5.91 Å². The lowest BCUT2D eigenvalue weighted by Crippen LogP contribution is -2.39. The highest BCUT2D eigenvalue weighted by Gasteiger charge is 2.33. The average Bonchev–Trinajstić information content (AvgIpc) is 3.53. The molecule has 1 saturated heterocycles. The quantitative estimate of drug-likeness (QED) is 0.589. The van der Waals surface area contributed by atoms with Gasteiger partial charge in [0.1, 0.15) is 16.7 Å². The lowest BCUT2D eigenvalue weighted by Gasteiger charge is -2.31. The monoisotopic (exact) mass is 481 g/mol. The molecule has 2 aliphatic heterocycles. The second-order valence-corrected chi connectivity index (χ2v) is 10.3. The Labute approximate surface area is 199 Å². The first-order chi connectivity index (χ1) is 16.0. The van der Waals surface area contributed by atoms with Crippen LogP contribution >= 0.6 is 23.1 Å². The molecular formula is C23H23N5O3S2. The molecule has 0 radical (unpaired) electrons. The smallest absolute Gasteiger partial charge is 0.262 e. The molecule has 1 fully saturated rings. The Kier molecular flexibility index (Phi) is 6.03. The van der Waals surface area contributed by atoms with Gasteiger partial charge in [-0.05, 0) is 19.8 Å². The number of amides is 2. The van der Waals surface area contributed by atoms with Gasteiger partial charge in [-0.25, -0.2) is 4.98 Å². The van der Waals surface area contributed by atoms with E-state index in [-0.39, 0.29) is 23.4 Å². The number of nitrogens with zero attached hydrogens (tertiary/aromatic N) is 4. The van der Waals surface area contributed by atoms with Gasteiger partial charge in [-0.3, -0.25) is 9.59 Å². The number of aryl methyl sites for hydroxylation is 1. The van der Waals surface area contributed by atoms with E-state index in [1.165, 1.54) is 11.8 Å². The largest absolute Gasteiger partial charge is 0.378 e. The first-order valence-corrected chi connectivity index (χ1v) is 12.6. The zero-order valence-electron chi connectivity index (χ0n) is 18.1. The molecule has 4 heterocycles. The number of thioether (sulfide) groups is 1. The Morgan fingerprint density at radius 2 is 2.00 bits per heavy atom. The van der Waals surface area contributed by atoms with Crippen molar-refractivity contribution < 1.29 is 14.1 Å². The third kappa shape index (κ3) is 4.45. The molecule has 1 atom stereocenters. The Morgan fingerprint density at radius 3 is 2.70 bits per heavy atom. The van der Waals surface area contributed by atoms with Crippen molar-refractivity contribution >= 4 is 40.1 Å². The van der Waals surface area contributed by atoms with Gasteiger partial charge in [0, 0.05) is 36.4 Å². The van der Waals surface area contributed by atoms with Gasteiger partial charge < -0.3 is 15.2 Å². The molecule has 10 heteroatoms. The second kappa shape index (κ2) is 9.11. The van der Waals surface area contributed by atoms with Crippen LogP contribution in [0.3, 0.4) is 0 Å². The molecule has 2 amide bonds. The fourth-order valence-electron chi connectivity index (χ4n) is 4.25. The van der Waals surface area contributed by atoms with Crippen molar-refractivity contribution in [2.24, 2.45) is 10.7 Å². The van der Waals surface area contributed by atoms with Crippen molar-refractivity contribution in [2.45, 2.75) is 37.4 Å². The highest BCUT2D eigenvalue weighted by atomic mass is 32.2. The summed E-state index contributed by atoms with van der Waals surface area (Å²) in [4.78, 5) is 34.9. The summed E-state index contributed by atoms with van der Waals surface area (Å²) in [6.45, 7) is 3.22. The number of amidine groups is 1. The number of likely N-dealkylation sites (tertiary alicyclic amines) is 1. The third-order valence-electron chi connectivity index (χ3n) is 6.00. The summed E-state index contributed by atoms with van der Waals surface area (Å²) >= 11 is 2.82. The molecule has 1 aromatic carbocycles. The van der Waals surface area contributed by atoms with Crippen molar-refractivity contribution in [3.05, 3.63) is 46.5 Å². The van der Waals surface area contributed by atoms with E-state index in [0.29, 0.717) is 19.0 Å². The molecule has 170 valence electrons. The number of benzene rings is 1. The van der Waals surface area contributed by atoms with E-state index in [9.17, 15) is 9.59 Å². The molecule has 0 saturated carbocycles. The highest BCUT2D eigenvalue weighted by molar-refractivity contribution is 8.15. The Balaban J connectivity index is 1.24. The van der Waals surface area contributed by atoms with Crippen LogP contribution in [0.1, 0.15) is 35.9 Å². The van der Waals surface area contributed by atoms with E-state index in [1.807, 2.05) is 42.2 Å². The maximum atomic E-state index is 12.7. The summed E-state index contributed by atoms with van der Waals surface area (Å²) in [5, 5.41) is 7.16. The molecule has 3 aromatic rings. The maximum Gasteiger partial charge on any atom is 0.262 e. The predicted octanol–water partition coefficient (Wildman–Crippen LogP) is 3.83. The predicted molar refractivity (Wildman–Crippen MR) is 129 cm³/mol. The Bertz CT molecular complexity index is 1210. The molecular weight excluding hydrogens is 458 g/mol. The average molecular weight is 482 g/mol. The van der Waals surface area contributed by atoms with Crippen LogP contribution in [0.25, 0.3) is 22.5 Å².